The van der Waals surface area contributed by atoms with Gasteiger partial charge < -0.3 is 11.1 Å². The molecule has 2 unspecified atom stereocenters. The molecule has 3 N–H and O–H groups in total. The van der Waals surface area contributed by atoms with Crippen LogP contribution in [0.3, 0.4) is 0 Å². The van der Waals surface area contributed by atoms with Crippen LogP contribution in [-0.2, 0) is 4.79 Å². The van der Waals surface area contributed by atoms with Crippen LogP contribution in [0, 0.1) is 11.8 Å². The van der Waals surface area contributed by atoms with Gasteiger partial charge in [0.05, 0.1) is 5.92 Å². The smallest absolute Gasteiger partial charge is 0.225 e. The van der Waals surface area contributed by atoms with Crippen molar-refractivity contribution in [2.75, 3.05) is 6.54 Å². The number of amides is 1. The lowest BCUT2D eigenvalue weighted by atomic mass is 9.95. The first-order valence-corrected chi connectivity index (χ1v) is 4.65. The lowest BCUT2D eigenvalue weighted by Gasteiger charge is -2.19. The van der Waals surface area contributed by atoms with E-state index in [1.165, 1.54) is 0 Å². The summed E-state index contributed by atoms with van der Waals surface area (Å²) in [7, 11) is 0. The fraction of sp³-hybridized carbons (Fsp3) is 0.700. The molecule has 0 radical (unpaired) electrons. The van der Waals surface area contributed by atoms with Crippen molar-refractivity contribution in [1.82, 2.24) is 5.32 Å². The highest BCUT2D eigenvalue weighted by Gasteiger charge is 2.20. The van der Waals surface area contributed by atoms with E-state index in [0.717, 1.165) is 0 Å². The summed E-state index contributed by atoms with van der Waals surface area (Å²) in [4.78, 5) is 11.5. The third kappa shape index (κ3) is 4.08. The number of carbonyl (C=O) groups excluding carboxylic acids is 1. The van der Waals surface area contributed by atoms with E-state index in [-0.39, 0.29) is 23.8 Å². The zero-order valence-corrected chi connectivity index (χ0v) is 8.71. The van der Waals surface area contributed by atoms with Crippen LogP contribution in [0.25, 0.3) is 0 Å². The first-order chi connectivity index (χ1) is 6.02. The Hall–Kier alpha value is -0.830. The standard InChI is InChI=1S/C10H20N2O/c1-5-8(4)12-10(13)9(6-11)7(2)3/h5,7-9H,1,6,11H2,2-4H3,(H,12,13). The monoisotopic (exact) mass is 184 g/mol. The molecule has 0 aromatic rings. The van der Waals surface area contributed by atoms with Crippen molar-refractivity contribution in [3.63, 3.8) is 0 Å². The predicted octanol–water partition coefficient (Wildman–Crippen LogP) is 0.908. The van der Waals surface area contributed by atoms with Crippen molar-refractivity contribution in [2.45, 2.75) is 26.8 Å². The van der Waals surface area contributed by atoms with E-state index in [2.05, 4.69) is 11.9 Å². The van der Waals surface area contributed by atoms with E-state index in [1.807, 2.05) is 20.8 Å². The van der Waals surface area contributed by atoms with Crippen molar-refractivity contribution in [1.29, 1.82) is 0 Å². The molecule has 3 heteroatoms. The molecule has 0 fully saturated rings. The molecule has 0 heterocycles. The number of rotatable bonds is 5. The Morgan fingerprint density at radius 1 is 1.54 bits per heavy atom. The normalized spacial score (nSPS) is 15.2. The summed E-state index contributed by atoms with van der Waals surface area (Å²) in [5, 5.41) is 2.82. The van der Waals surface area contributed by atoms with Crippen molar-refractivity contribution in [3.8, 4) is 0 Å². The SMILES string of the molecule is C=CC(C)NC(=O)C(CN)C(C)C. The molecule has 2 atom stereocenters. The molecule has 0 aromatic carbocycles. The summed E-state index contributed by atoms with van der Waals surface area (Å²) >= 11 is 0. The topological polar surface area (TPSA) is 55.1 Å². The van der Waals surface area contributed by atoms with Gasteiger partial charge in [0.15, 0.2) is 0 Å². The van der Waals surface area contributed by atoms with E-state index in [9.17, 15) is 4.79 Å². The molecule has 0 saturated heterocycles. The van der Waals surface area contributed by atoms with Crippen LogP contribution in [0.5, 0.6) is 0 Å². The van der Waals surface area contributed by atoms with Crippen LogP contribution >= 0.6 is 0 Å². The maximum Gasteiger partial charge on any atom is 0.225 e. The summed E-state index contributed by atoms with van der Waals surface area (Å²) in [5.74, 6) is 0.203. The van der Waals surface area contributed by atoms with Gasteiger partial charge in [0, 0.05) is 12.6 Å². The number of carbonyl (C=O) groups is 1. The van der Waals surface area contributed by atoms with E-state index in [4.69, 9.17) is 5.73 Å². The van der Waals surface area contributed by atoms with Gasteiger partial charge in [0.2, 0.25) is 5.91 Å². The molecule has 13 heavy (non-hydrogen) atoms. The summed E-state index contributed by atoms with van der Waals surface area (Å²) < 4.78 is 0. The molecular weight excluding hydrogens is 164 g/mol. The Bertz CT molecular complexity index is 178. The van der Waals surface area contributed by atoms with E-state index >= 15 is 0 Å². The highest BCUT2D eigenvalue weighted by Crippen LogP contribution is 2.09. The van der Waals surface area contributed by atoms with Gasteiger partial charge in [-0.05, 0) is 12.8 Å². The fourth-order valence-corrected chi connectivity index (χ4v) is 1.07. The molecule has 0 aliphatic rings. The Labute approximate surface area is 80.4 Å². The maximum absolute atomic E-state index is 11.5. The van der Waals surface area contributed by atoms with Crippen molar-refractivity contribution in [3.05, 3.63) is 12.7 Å². The van der Waals surface area contributed by atoms with E-state index in [0.29, 0.717) is 6.54 Å². The van der Waals surface area contributed by atoms with E-state index < -0.39 is 0 Å². The van der Waals surface area contributed by atoms with Gasteiger partial charge in [0.25, 0.3) is 0 Å². The van der Waals surface area contributed by atoms with Crippen LogP contribution in [0.15, 0.2) is 12.7 Å². The highest BCUT2D eigenvalue weighted by molar-refractivity contribution is 5.79. The third-order valence-corrected chi connectivity index (χ3v) is 2.12. The van der Waals surface area contributed by atoms with Crippen molar-refractivity contribution < 1.29 is 4.79 Å². The second-order valence-electron chi connectivity index (χ2n) is 3.62. The third-order valence-electron chi connectivity index (χ3n) is 2.12. The predicted molar refractivity (Wildman–Crippen MR) is 55.2 cm³/mol. The van der Waals surface area contributed by atoms with Gasteiger partial charge in [0.1, 0.15) is 0 Å². The van der Waals surface area contributed by atoms with Crippen molar-refractivity contribution in [2.24, 2.45) is 17.6 Å². The lowest BCUT2D eigenvalue weighted by molar-refractivity contribution is -0.126. The molecule has 0 saturated carbocycles. The second kappa shape index (κ2) is 5.75. The first-order valence-electron chi connectivity index (χ1n) is 4.65. The number of nitrogens with two attached hydrogens (primary N) is 1. The maximum atomic E-state index is 11.5. The molecular formula is C10H20N2O. The Morgan fingerprint density at radius 2 is 2.08 bits per heavy atom. The molecule has 0 bridgehead atoms. The minimum atomic E-state index is -0.0950. The number of hydrogen-bond acceptors (Lipinski definition) is 2. The van der Waals surface area contributed by atoms with Gasteiger partial charge in [-0.2, -0.15) is 0 Å². The second-order valence-corrected chi connectivity index (χ2v) is 3.62. The van der Waals surface area contributed by atoms with Crippen LogP contribution in [0.4, 0.5) is 0 Å². The minimum Gasteiger partial charge on any atom is -0.350 e. The zero-order valence-electron chi connectivity index (χ0n) is 8.71. The number of hydrogen-bond donors (Lipinski definition) is 2. The summed E-state index contributed by atoms with van der Waals surface area (Å²) in [5.41, 5.74) is 5.51. The van der Waals surface area contributed by atoms with Gasteiger partial charge in [-0.25, -0.2) is 0 Å². The number of nitrogens with one attached hydrogen (secondary N) is 1. The van der Waals surface area contributed by atoms with Gasteiger partial charge in [-0.1, -0.05) is 19.9 Å². The van der Waals surface area contributed by atoms with Crippen LogP contribution in [0.2, 0.25) is 0 Å². The largest absolute Gasteiger partial charge is 0.350 e. The lowest BCUT2D eigenvalue weighted by Crippen LogP contribution is -2.41. The minimum absolute atomic E-state index is 0.0142. The van der Waals surface area contributed by atoms with Crippen molar-refractivity contribution >= 4 is 5.91 Å². The van der Waals surface area contributed by atoms with Crippen LogP contribution in [-0.4, -0.2) is 18.5 Å². The van der Waals surface area contributed by atoms with Crippen LogP contribution < -0.4 is 11.1 Å². The summed E-state index contributed by atoms with van der Waals surface area (Å²) in [6, 6.07) is 0.0142. The van der Waals surface area contributed by atoms with Gasteiger partial charge in [-0.3, -0.25) is 4.79 Å². The molecule has 76 valence electrons. The molecule has 0 aromatic heterocycles. The highest BCUT2D eigenvalue weighted by atomic mass is 16.1. The average molecular weight is 184 g/mol. The Balaban J connectivity index is 4.13. The zero-order chi connectivity index (χ0) is 10.4. The quantitative estimate of drug-likeness (QED) is 0.624. The molecule has 1 amide bonds. The Kier molecular flexibility index (Phi) is 5.39. The fourth-order valence-electron chi connectivity index (χ4n) is 1.07. The molecule has 0 spiro atoms. The van der Waals surface area contributed by atoms with Gasteiger partial charge in [-0.15, -0.1) is 6.58 Å². The molecule has 3 nitrogen and oxygen atoms in total. The average Bonchev–Trinajstić information content (AvgIpc) is 2.04. The van der Waals surface area contributed by atoms with Crippen LogP contribution in [0.1, 0.15) is 20.8 Å². The molecule has 0 aliphatic heterocycles. The first kappa shape index (κ1) is 12.2. The molecule has 0 rings (SSSR count). The van der Waals surface area contributed by atoms with E-state index in [1.54, 1.807) is 6.08 Å². The van der Waals surface area contributed by atoms with Gasteiger partial charge >= 0.3 is 0 Å². The Morgan fingerprint density at radius 3 is 2.38 bits per heavy atom. The molecule has 0 aliphatic carbocycles. The summed E-state index contributed by atoms with van der Waals surface area (Å²) in [6.45, 7) is 9.87. The summed E-state index contributed by atoms with van der Waals surface area (Å²) in [6.07, 6.45) is 1.70.